The molecule has 0 bridgehead atoms. The molecule has 1 aliphatic heterocycles. The van der Waals surface area contributed by atoms with Crippen LogP contribution in [-0.2, 0) is 9.53 Å². The summed E-state index contributed by atoms with van der Waals surface area (Å²) in [7, 11) is 0. The summed E-state index contributed by atoms with van der Waals surface area (Å²) in [5.74, 6) is 0.229. The average Bonchev–Trinajstić information content (AvgIpc) is 1.87. The van der Waals surface area contributed by atoms with Crippen LogP contribution >= 0.6 is 0 Å². The predicted molar refractivity (Wildman–Crippen MR) is 25.0 cm³/mol. The maximum absolute atomic E-state index is 10.3. The largest absolute Gasteiger partial charge is 0.370 e. The molecule has 1 fully saturated rings. The van der Waals surface area contributed by atoms with Gasteiger partial charge < -0.3 is 4.74 Å². The monoisotopic (exact) mass is 100 g/mol. The quantitative estimate of drug-likeness (QED) is 0.439. The topological polar surface area (TPSA) is 26.3 Å². The van der Waals surface area contributed by atoms with Gasteiger partial charge in [-0.25, -0.2) is 0 Å². The Bertz CT molecular complexity index is 88.1. The minimum atomic E-state index is 0.174. The molecule has 0 aliphatic carbocycles. The lowest BCUT2D eigenvalue weighted by molar-refractivity contribution is -0.117. The van der Waals surface area contributed by atoms with Crippen LogP contribution < -0.4 is 0 Å². The Balaban J connectivity index is 2.40. The molecule has 0 unspecified atom stereocenters. The number of carbonyl (C=O) groups is 1. The first-order valence-corrected chi connectivity index (χ1v) is 2.42. The third-order valence-electron chi connectivity index (χ3n) is 1.04. The highest BCUT2D eigenvalue weighted by Crippen LogP contribution is 2.05. The molecule has 2 heteroatoms. The first-order valence-electron chi connectivity index (χ1n) is 2.42. The van der Waals surface area contributed by atoms with Crippen molar-refractivity contribution in [3.8, 4) is 0 Å². The Kier molecular flexibility index (Phi) is 1.11. The molecule has 1 atom stereocenters. The normalized spacial score (nSPS) is 31.6. The maximum atomic E-state index is 10.3. The van der Waals surface area contributed by atoms with E-state index in [1.165, 1.54) is 0 Å². The number of hydrogen-bond acceptors (Lipinski definition) is 2. The summed E-state index contributed by atoms with van der Waals surface area (Å²) in [6.07, 6.45) is 0.785. The lowest BCUT2D eigenvalue weighted by atomic mass is 10.2. The minimum absolute atomic E-state index is 0.174. The smallest absolute Gasteiger partial charge is 0.161 e. The molecule has 0 amide bonds. The second-order valence-electron chi connectivity index (χ2n) is 1.86. The second kappa shape index (κ2) is 1.62. The molecule has 0 aromatic heterocycles. The molecule has 0 saturated carbocycles. The van der Waals surface area contributed by atoms with E-state index in [0.29, 0.717) is 13.0 Å². The van der Waals surface area contributed by atoms with Crippen molar-refractivity contribution in [1.29, 1.82) is 0 Å². The number of ketones is 1. The van der Waals surface area contributed by atoms with Crippen molar-refractivity contribution in [3.05, 3.63) is 0 Å². The van der Waals surface area contributed by atoms with E-state index in [0.717, 1.165) is 0 Å². The van der Waals surface area contributed by atoms with Crippen molar-refractivity contribution in [2.45, 2.75) is 19.4 Å². The zero-order valence-electron chi connectivity index (χ0n) is 4.31. The van der Waals surface area contributed by atoms with Gasteiger partial charge in [-0.3, -0.25) is 4.79 Å². The summed E-state index contributed by atoms with van der Waals surface area (Å²) in [5.41, 5.74) is 0. The summed E-state index contributed by atoms with van der Waals surface area (Å²) in [4.78, 5) is 10.3. The van der Waals surface area contributed by atoms with Crippen molar-refractivity contribution in [2.24, 2.45) is 0 Å². The Hall–Kier alpha value is -0.370. The summed E-state index contributed by atoms with van der Waals surface area (Å²) in [6.45, 7) is 2.24. The van der Waals surface area contributed by atoms with Crippen LogP contribution in [0.1, 0.15) is 13.3 Å². The molecule has 1 rings (SSSR count). The first-order chi connectivity index (χ1) is 3.29. The molecule has 0 radical (unpaired) electrons. The van der Waals surface area contributed by atoms with Gasteiger partial charge in [0, 0.05) is 6.42 Å². The van der Waals surface area contributed by atoms with Crippen LogP contribution in [0.25, 0.3) is 0 Å². The second-order valence-corrected chi connectivity index (χ2v) is 1.86. The first kappa shape index (κ1) is 4.78. The van der Waals surface area contributed by atoms with Crippen LogP contribution in [0.15, 0.2) is 0 Å². The van der Waals surface area contributed by atoms with Gasteiger partial charge in [-0.2, -0.15) is 0 Å². The van der Waals surface area contributed by atoms with E-state index in [4.69, 9.17) is 4.74 Å². The highest BCUT2D eigenvalue weighted by atomic mass is 16.5. The van der Waals surface area contributed by atoms with E-state index in [-0.39, 0.29) is 11.9 Å². The van der Waals surface area contributed by atoms with Gasteiger partial charge in [0.15, 0.2) is 5.78 Å². The Morgan fingerprint density at radius 1 is 1.86 bits per heavy atom. The zero-order valence-corrected chi connectivity index (χ0v) is 4.31. The van der Waals surface area contributed by atoms with Crippen LogP contribution in [0.5, 0.6) is 0 Å². The summed E-state index contributed by atoms with van der Waals surface area (Å²) in [5, 5.41) is 0. The fourth-order valence-corrected chi connectivity index (χ4v) is 0.674. The summed E-state index contributed by atoms with van der Waals surface area (Å²) >= 11 is 0. The molecular formula is C5H8O2. The van der Waals surface area contributed by atoms with Gasteiger partial charge in [-0.05, 0) is 6.92 Å². The molecule has 40 valence electrons. The fraction of sp³-hybridized carbons (Fsp3) is 0.800. The molecule has 2 nitrogen and oxygen atoms in total. The van der Waals surface area contributed by atoms with Crippen LogP contribution in [-0.4, -0.2) is 18.5 Å². The van der Waals surface area contributed by atoms with Gasteiger partial charge in [-0.1, -0.05) is 0 Å². The van der Waals surface area contributed by atoms with E-state index in [1.54, 1.807) is 0 Å². The molecule has 0 aromatic rings. The Morgan fingerprint density at radius 3 is 2.71 bits per heavy atom. The van der Waals surface area contributed by atoms with E-state index in [1.807, 2.05) is 6.92 Å². The van der Waals surface area contributed by atoms with E-state index < -0.39 is 0 Å². The van der Waals surface area contributed by atoms with Crippen molar-refractivity contribution in [1.82, 2.24) is 0 Å². The highest BCUT2D eigenvalue weighted by Gasteiger charge is 2.17. The van der Waals surface area contributed by atoms with Gasteiger partial charge >= 0.3 is 0 Å². The standard InChI is InChI=1S/C5H8O2/c1-4-2-5(6)3-7-4/h4H,2-3H2,1H3/t4-/m0/s1. The number of rotatable bonds is 0. The fourth-order valence-electron chi connectivity index (χ4n) is 0.674. The van der Waals surface area contributed by atoms with Crippen molar-refractivity contribution < 1.29 is 9.53 Å². The SMILES string of the molecule is C[C@H]1CC(=O)CO1. The Morgan fingerprint density at radius 2 is 2.57 bits per heavy atom. The highest BCUT2D eigenvalue weighted by molar-refractivity contribution is 5.81. The van der Waals surface area contributed by atoms with Crippen LogP contribution in [0.3, 0.4) is 0 Å². The third-order valence-corrected chi connectivity index (χ3v) is 1.04. The average molecular weight is 100 g/mol. The minimum Gasteiger partial charge on any atom is -0.370 e. The summed E-state index contributed by atoms with van der Waals surface area (Å²) < 4.78 is 4.92. The lowest BCUT2D eigenvalue weighted by Gasteiger charge is -1.92. The molecular weight excluding hydrogens is 92.1 g/mol. The third kappa shape index (κ3) is 0.996. The lowest BCUT2D eigenvalue weighted by Crippen LogP contribution is -1.95. The number of carbonyl (C=O) groups excluding carboxylic acids is 1. The molecule has 0 aromatic carbocycles. The van der Waals surface area contributed by atoms with Crippen LogP contribution in [0, 0.1) is 0 Å². The van der Waals surface area contributed by atoms with Crippen LogP contribution in [0.2, 0.25) is 0 Å². The van der Waals surface area contributed by atoms with Gasteiger partial charge in [0.1, 0.15) is 6.61 Å². The van der Waals surface area contributed by atoms with Gasteiger partial charge in [0.05, 0.1) is 6.10 Å². The van der Waals surface area contributed by atoms with E-state index >= 15 is 0 Å². The summed E-state index contributed by atoms with van der Waals surface area (Å²) in [6, 6.07) is 0. The number of ether oxygens (including phenoxy) is 1. The number of Topliss-reactive ketones (excluding diaryl/α,β-unsaturated/α-hetero) is 1. The van der Waals surface area contributed by atoms with Crippen molar-refractivity contribution in [2.75, 3.05) is 6.61 Å². The van der Waals surface area contributed by atoms with Gasteiger partial charge in [0.2, 0.25) is 0 Å². The zero-order chi connectivity index (χ0) is 5.28. The molecule has 1 heterocycles. The van der Waals surface area contributed by atoms with E-state index in [2.05, 4.69) is 0 Å². The van der Waals surface area contributed by atoms with Crippen molar-refractivity contribution >= 4 is 5.78 Å². The molecule has 1 aliphatic rings. The van der Waals surface area contributed by atoms with Crippen LogP contribution in [0.4, 0.5) is 0 Å². The van der Waals surface area contributed by atoms with E-state index in [9.17, 15) is 4.79 Å². The molecule has 0 spiro atoms. The Labute approximate surface area is 42.5 Å². The molecule has 1 saturated heterocycles. The van der Waals surface area contributed by atoms with Gasteiger partial charge in [-0.15, -0.1) is 0 Å². The number of hydrogen-bond donors (Lipinski definition) is 0. The van der Waals surface area contributed by atoms with Crippen molar-refractivity contribution in [3.63, 3.8) is 0 Å². The van der Waals surface area contributed by atoms with Gasteiger partial charge in [0.25, 0.3) is 0 Å². The molecule has 7 heavy (non-hydrogen) atoms. The molecule has 0 N–H and O–H groups in total. The maximum Gasteiger partial charge on any atom is 0.161 e. The predicted octanol–water partition coefficient (Wildman–Crippen LogP) is 0.364.